The van der Waals surface area contributed by atoms with E-state index in [1.54, 1.807) is 0 Å². The Hall–Kier alpha value is -1.22. The summed E-state index contributed by atoms with van der Waals surface area (Å²) in [5.41, 5.74) is 7.27. The van der Waals surface area contributed by atoms with Crippen molar-refractivity contribution in [2.75, 3.05) is 18.0 Å². The van der Waals surface area contributed by atoms with Gasteiger partial charge in [-0.25, -0.2) is 0 Å². The molecule has 0 radical (unpaired) electrons. The summed E-state index contributed by atoms with van der Waals surface area (Å²) in [5.74, 6) is 1.86. The molecule has 21 heavy (non-hydrogen) atoms. The molecule has 0 spiro atoms. The molecule has 1 saturated carbocycles. The van der Waals surface area contributed by atoms with Crippen molar-refractivity contribution in [1.82, 2.24) is 0 Å². The van der Waals surface area contributed by atoms with Crippen molar-refractivity contribution in [3.63, 3.8) is 0 Å². The quantitative estimate of drug-likeness (QED) is 0.924. The van der Waals surface area contributed by atoms with Gasteiger partial charge in [-0.3, -0.25) is 0 Å². The summed E-state index contributed by atoms with van der Waals surface area (Å²) in [4.78, 5) is 2.44. The zero-order valence-electron chi connectivity index (χ0n) is 13.1. The summed E-state index contributed by atoms with van der Waals surface area (Å²) in [6.07, 6.45) is 7.59. The van der Waals surface area contributed by atoms with E-state index in [-0.39, 0.29) is 0 Å². The molecule has 3 rings (SSSR count). The van der Waals surface area contributed by atoms with Crippen LogP contribution >= 0.6 is 0 Å². The summed E-state index contributed by atoms with van der Waals surface area (Å²) in [5, 5.41) is 0. The van der Waals surface area contributed by atoms with Crippen molar-refractivity contribution in [1.29, 1.82) is 0 Å². The highest BCUT2D eigenvalue weighted by Crippen LogP contribution is 2.34. The molecule has 2 fully saturated rings. The minimum absolute atomic E-state index is 0.369. The van der Waals surface area contributed by atoms with Gasteiger partial charge in [0, 0.05) is 19.1 Å². The first-order valence-electron chi connectivity index (χ1n) is 8.48. The summed E-state index contributed by atoms with van der Waals surface area (Å²) in [7, 11) is 0. The molecular formula is C18H28N2O. The maximum Gasteiger partial charge on any atom is 0.143 e. The summed E-state index contributed by atoms with van der Waals surface area (Å²) in [6.45, 7) is 4.43. The van der Waals surface area contributed by atoms with Crippen LogP contribution in [-0.2, 0) is 0 Å². The zero-order valence-corrected chi connectivity index (χ0v) is 13.1. The molecule has 1 saturated heterocycles. The van der Waals surface area contributed by atoms with Crippen molar-refractivity contribution in [3.05, 3.63) is 24.3 Å². The lowest BCUT2D eigenvalue weighted by atomic mass is 9.89. The van der Waals surface area contributed by atoms with E-state index < -0.39 is 0 Å². The summed E-state index contributed by atoms with van der Waals surface area (Å²) < 4.78 is 6.36. The van der Waals surface area contributed by atoms with Crippen LogP contribution in [0.25, 0.3) is 0 Å². The van der Waals surface area contributed by atoms with Gasteiger partial charge in [0.1, 0.15) is 5.75 Å². The molecule has 1 aromatic carbocycles. The topological polar surface area (TPSA) is 38.5 Å². The number of piperidine rings is 1. The molecule has 1 aromatic rings. The Kier molecular flexibility index (Phi) is 4.69. The molecule has 2 N–H and O–H groups in total. The van der Waals surface area contributed by atoms with Crippen LogP contribution in [0.5, 0.6) is 5.75 Å². The molecule has 0 aromatic heterocycles. The normalized spacial score (nSPS) is 27.6. The van der Waals surface area contributed by atoms with Crippen LogP contribution in [0.15, 0.2) is 24.3 Å². The second-order valence-electron chi connectivity index (χ2n) is 6.80. The number of para-hydroxylation sites is 2. The molecule has 2 aliphatic rings. The minimum atomic E-state index is 0.369. The molecule has 2 unspecified atom stereocenters. The molecule has 0 amide bonds. The molecule has 3 nitrogen and oxygen atoms in total. The standard InChI is InChI=1S/C18H28N2O/c1-14-5-4-6-16(13-14)21-18-8-3-2-7-17(18)20-11-9-15(19)10-12-20/h2-3,7-8,14-16H,4-6,9-13,19H2,1H3. The van der Waals surface area contributed by atoms with Gasteiger partial charge in [-0.15, -0.1) is 0 Å². The van der Waals surface area contributed by atoms with E-state index in [0.29, 0.717) is 12.1 Å². The van der Waals surface area contributed by atoms with Gasteiger partial charge in [-0.1, -0.05) is 25.5 Å². The van der Waals surface area contributed by atoms with Gasteiger partial charge in [0.05, 0.1) is 11.8 Å². The highest BCUT2D eigenvalue weighted by atomic mass is 16.5. The van der Waals surface area contributed by atoms with Crippen LogP contribution < -0.4 is 15.4 Å². The molecule has 0 bridgehead atoms. The Morgan fingerprint density at radius 1 is 1.10 bits per heavy atom. The molecule has 1 heterocycles. The molecule has 3 heteroatoms. The van der Waals surface area contributed by atoms with Crippen molar-refractivity contribution in [3.8, 4) is 5.75 Å². The Balaban J connectivity index is 1.70. The molecule has 1 aliphatic carbocycles. The molecule has 2 atom stereocenters. The molecule has 116 valence electrons. The lowest BCUT2D eigenvalue weighted by molar-refractivity contribution is 0.129. The maximum absolute atomic E-state index is 6.36. The smallest absolute Gasteiger partial charge is 0.143 e. The van der Waals surface area contributed by atoms with Crippen LogP contribution in [-0.4, -0.2) is 25.2 Å². The summed E-state index contributed by atoms with van der Waals surface area (Å²) in [6, 6.07) is 8.89. The first-order valence-corrected chi connectivity index (χ1v) is 8.48. The largest absolute Gasteiger partial charge is 0.488 e. The van der Waals surface area contributed by atoms with E-state index in [9.17, 15) is 0 Å². The third-order valence-corrected chi connectivity index (χ3v) is 4.93. The third-order valence-electron chi connectivity index (χ3n) is 4.93. The van der Waals surface area contributed by atoms with Gasteiger partial charge >= 0.3 is 0 Å². The second-order valence-corrected chi connectivity index (χ2v) is 6.80. The Bertz CT molecular complexity index is 454. The Morgan fingerprint density at radius 3 is 2.62 bits per heavy atom. The van der Waals surface area contributed by atoms with Gasteiger partial charge in [-0.2, -0.15) is 0 Å². The van der Waals surface area contributed by atoms with E-state index in [1.165, 1.54) is 31.4 Å². The van der Waals surface area contributed by atoms with Gasteiger partial charge in [0.25, 0.3) is 0 Å². The SMILES string of the molecule is CC1CCCC(Oc2ccccc2N2CCC(N)CC2)C1. The van der Waals surface area contributed by atoms with E-state index in [1.807, 2.05) is 0 Å². The highest BCUT2D eigenvalue weighted by Gasteiger charge is 2.23. The number of ether oxygens (including phenoxy) is 1. The molecular weight excluding hydrogens is 260 g/mol. The van der Waals surface area contributed by atoms with Crippen LogP contribution in [0.2, 0.25) is 0 Å². The Morgan fingerprint density at radius 2 is 1.86 bits per heavy atom. The van der Waals surface area contributed by atoms with E-state index in [0.717, 1.165) is 37.6 Å². The second kappa shape index (κ2) is 6.69. The predicted molar refractivity (Wildman–Crippen MR) is 87.9 cm³/mol. The van der Waals surface area contributed by atoms with Gasteiger partial charge in [0.2, 0.25) is 0 Å². The highest BCUT2D eigenvalue weighted by molar-refractivity contribution is 5.58. The number of nitrogens with zero attached hydrogens (tertiary/aromatic N) is 1. The number of anilines is 1. The number of nitrogens with two attached hydrogens (primary N) is 1. The molecule has 1 aliphatic heterocycles. The lowest BCUT2D eigenvalue weighted by Gasteiger charge is -2.34. The van der Waals surface area contributed by atoms with Crippen LogP contribution in [0, 0.1) is 5.92 Å². The van der Waals surface area contributed by atoms with Crippen molar-refractivity contribution in [2.45, 2.75) is 57.6 Å². The Labute approximate surface area is 128 Å². The zero-order chi connectivity index (χ0) is 14.7. The number of hydrogen-bond donors (Lipinski definition) is 1. The average molecular weight is 288 g/mol. The number of rotatable bonds is 3. The monoisotopic (exact) mass is 288 g/mol. The van der Waals surface area contributed by atoms with Gasteiger partial charge < -0.3 is 15.4 Å². The fourth-order valence-electron chi connectivity index (χ4n) is 3.62. The third kappa shape index (κ3) is 3.70. The summed E-state index contributed by atoms with van der Waals surface area (Å²) >= 11 is 0. The lowest BCUT2D eigenvalue weighted by Crippen LogP contribution is -2.40. The number of hydrogen-bond acceptors (Lipinski definition) is 3. The average Bonchev–Trinajstić information content (AvgIpc) is 2.49. The van der Waals surface area contributed by atoms with Crippen molar-refractivity contribution in [2.24, 2.45) is 11.7 Å². The maximum atomic E-state index is 6.36. The van der Waals surface area contributed by atoms with E-state index in [4.69, 9.17) is 10.5 Å². The van der Waals surface area contributed by atoms with Crippen LogP contribution in [0.4, 0.5) is 5.69 Å². The van der Waals surface area contributed by atoms with E-state index in [2.05, 4.69) is 36.1 Å². The van der Waals surface area contributed by atoms with Gasteiger partial charge in [0.15, 0.2) is 0 Å². The fourth-order valence-corrected chi connectivity index (χ4v) is 3.62. The predicted octanol–water partition coefficient (Wildman–Crippen LogP) is 3.57. The van der Waals surface area contributed by atoms with Crippen LogP contribution in [0.1, 0.15) is 45.4 Å². The first kappa shape index (κ1) is 14.7. The van der Waals surface area contributed by atoms with Crippen LogP contribution in [0.3, 0.4) is 0 Å². The number of benzene rings is 1. The van der Waals surface area contributed by atoms with Gasteiger partial charge in [-0.05, 0) is 50.2 Å². The first-order chi connectivity index (χ1) is 10.2. The fraction of sp³-hybridized carbons (Fsp3) is 0.667. The van der Waals surface area contributed by atoms with E-state index >= 15 is 0 Å². The van der Waals surface area contributed by atoms with Crippen molar-refractivity contribution >= 4 is 5.69 Å². The van der Waals surface area contributed by atoms with Crippen molar-refractivity contribution < 1.29 is 4.74 Å². The minimum Gasteiger partial charge on any atom is -0.488 e.